The van der Waals surface area contributed by atoms with E-state index in [4.69, 9.17) is 0 Å². The quantitative estimate of drug-likeness (QED) is 0.492. The number of hydrogen-bond donors (Lipinski definition) is 2. The van der Waals surface area contributed by atoms with Crippen LogP contribution in [0.25, 0.3) is 0 Å². The Hall–Kier alpha value is -2.37. The molecule has 1 aliphatic heterocycles. The Kier molecular flexibility index (Phi) is 3.14. The minimum absolute atomic E-state index is 0.0697. The lowest BCUT2D eigenvalue weighted by Crippen LogP contribution is -2.49. The van der Waals surface area contributed by atoms with Crippen LogP contribution in [0.1, 0.15) is 29.6 Å². The van der Waals surface area contributed by atoms with Crippen molar-refractivity contribution in [3.05, 3.63) is 46.0 Å². The van der Waals surface area contributed by atoms with Crippen molar-refractivity contribution in [2.75, 3.05) is 5.32 Å². The Morgan fingerprint density at radius 3 is 2.80 bits per heavy atom. The average molecular weight is 273 g/mol. The first-order valence-corrected chi connectivity index (χ1v) is 6.66. The van der Waals surface area contributed by atoms with Gasteiger partial charge in [0.1, 0.15) is 6.17 Å². The largest absolute Gasteiger partial charge is 0.364 e. The molecule has 1 amide bonds. The molecule has 0 saturated heterocycles. The van der Waals surface area contributed by atoms with Crippen molar-refractivity contribution < 1.29 is 9.72 Å². The minimum Gasteiger partial charge on any atom is -0.364 e. The van der Waals surface area contributed by atoms with E-state index >= 15 is 0 Å². The summed E-state index contributed by atoms with van der Waals surface area (Å²) >= 11 is 0. The van der Waals surface area contributed by atoms with Crippen LogP contribution in [0.2, 0.25) is 0 Å². The molecule has 2 N–H and O–H groups in total. The molecule has 0 radical (unpaired) electrons. The van der Waals surface area contributed by atoms with E-state index in [1.165, 1.54) is 12.1 Å². The maximum atomic E-state index is 12.1. The van der Waals surface area contributed by atoms with Crippen LogP contribution in [-0.4, -0.2) is 17.0 Å². The summed E-state index contributed by atoms with van der Waals surface area (Å²) in [4.78, 5) is 22.4. The zero-order valence-corrected chi connectivity index (χ0v) is 10.8. The number of anilines is 1. The summed E-state index contributed by atoms with van der Waals surface area (Å²) in [7, 11) is 0. The number of allylic oxidation sites excluding steroid dienone is 2. The second-order valence-corrected chi connectivity index (χ2v) is 5.13. The van der Waals surface area contributed by atoms with Gasteiger partial charge in [-0.05, 0) is 25.3 Å². The van der Waals surface area contributed by atoms with Crippen LogP contribution in [0.5, 0.6) is 0 Å². The predicted octanol–water partition coefficient (Wildman–Crippen LogP) is 2.43. The third kappa shape index (κ3) is 2.24. The lowest BCUT2D eigenvalue weighted by atomic mass is 9.90. The third-order valence-electron chi connectivity index (χ3n) is 3.84. The van der Waals surface area contributed by atoms with Crippen LogP contribution in [0.4, 0.5) is 11.4 Å². The summed E-state index contributed by atoms with van der Waals surface area (Å²) in [6, 6.07) is 4.34. The number of carbonyl (C=O) groups excluding carboxylic acids is 1. The van der Waals surface area contributed by atoms with E-state index in [9.17, 15) is 14.9 Å². The molecule has 0 unspecified atom stereocenters. The van der Waals surface area contributed by atoms with Crippen LogP contribution in [0, 0.1) is 16.0 Å². The van der Waals surface area contributed by atoms with Gasteiger partial charge in [-0.3, -0.25) is 14.9 Å². The molecule has 1 heterocycles. The molecule has 20 heavy (non-hydrogen) atoms. The predicted molar refractivity (Wildman–Crippen MR) is 74.5 cm³/mol. The number of nitrogens with one attached hydrogen (secondary N) is 2. The van der Waals surface area contributed by atoms with Gasteiger partial charge in [0, 0.05) is 23.7 Å². The monoisotopic (exact) mass is 273 g/mol. The molecule has 6 nitrogen and oxygen atoms in total. The number of rotatable bonds is 2. The third-order valence-corrected chi connectivity index (χ3v) is 3.84. The minimum atomic E-state index is -0.494. The van der Waals surface area contributed by atoms with Crippen LogP contribution < -0.4 is 10.6 Å². The van der Waals surface area contributed by atoms with Gasteiger partial charge < -0.3 is 10.6 Å². The van der Waals surface area contributed by atoms with E-state index in [1.807, 2.05) is 0 Å². The normalized spacial score (nSPS) is 24.5. The molecule has 1 aliphatic carbocycles. The number of nitro benzene ring substituents is 1. The van der Waals surface area contributed by atoms with Crippen LogP contribution >= 0.6 is 0 Å². The first kappa shape index (κ1) is 12.7. The van der Waals surface area contributed by atoms with Gasteiger partial charge in [0.15, 0.2) is 0 Å². The van der Waals surface area contributed by atoms with E-state index in [1.54, 1.807) is 6.07 Å². The number of carbonyl (C=O) groups is 1. The fraction of sp³-hybridized carbons (Fsp3) is 0.357. The molecule has 104 valence electrons. The molecule has 0 bridgehead atoms. The lowest BCUT2D eigenvalue weighted by molar-refractivity contribution is -0.384. The molecular weight excluding hydrogens is 258 g/mol. The highest BCUT2D eigenvalue weighted by Crippen LogP contribution is 2.30. The van der Waals surface area contributed by atoms with E-state index in [2.05, 4.69) is 22.8 Å². The van der Waals surface area contributed by atoms with Crippen molar-refractivity contribution in [3.8, 4) is 0 Å². The van der Waals surface area contributed by atoms with E-state index < -0.39 is 4.92 Å². The smallest absolute Gasteiger partial charge is 0.270 e. The van der Waals surface area contributed by atoms with Gasteiger partial charge in [-0.15, -0.1) is 0 Å². The Morgan fingerprint density at radius 1 is 1.25 bits per heavy atom. The van der Waals surface area contributed by atoms with Crippen molar-refractivity contribution in [2.45, 2.75) is 25.4 Å². The summed E-state index contributed by atoms with van der Waals surface area (Å²) in [6.45, 7) is 0. The molecule has 0 spiro atoms. The highest BCUT2D eigenvalue weighted by molar-refractivity contribution is 6.02. The Labute approximate surface area is 116 Å². The summed E-state index contributed by atoms with van der Waals surface area (Å²) in [5, 5.41) is 16.9. The first-order valence-electron chi connectivity index (χ1n) is 6.66. The second kappa shape index (κ2) is 4.96. The van der Waals surface area contributed by atoms with Crippen LogP contribution in [-0.2, 0) is 0 Å². The van der Waals surface area contributed by atoms with Gasteiger partial charge in [-0.1, -0.05) is 12.2 Å². The standard InChI is InChI=1S/C14H15N3O3/c18-14-11-8-10(17(19)20)6-7-12(11)15-13(16-14)9-4-2-1-3-5-9/h1-2,6-9,13,15H,3-5H2,(H,16,18)/t9-,13-/m1/s1. The SMILES string of the molecule is O=C1N[C@H]([C@@H]2CC=CCC2)Nc2ccc([N+](=O)[O-])cc21. The van der Waals surface area contributed by atoms with E-state index in [0.29, 0.717) is 17.2 Å². The van der Waals surface area contributed by atoms with E-state index in [-0.39, 0.29) is 17.8 Å². The summed E-state index contributed by atoms with van der Waals surface area (Å²) in [5.41, 5.74) is 0.931. The van der Waals surface area contributed by atoms with E-state index in [0.717, 1.165) is 19.3 Å². The maximum Gasteiger partial charge on any atom is 0.270 e. The molecule has 0 saturated carbocycles. The Balaban J connectivity index is 1.86. The fourth-order valence-electron chi connectivity index (χ4n) is 2.74. The number of nitrogens with zero attached hydrogens (tertiary/aromatic N) is 1. The van der Waals surface area contributed by atoms with Crippen LogP contribution in [0.15, 0.2) is 30.4 Å². The molecule has 1 aromatic rings. The number of benzene rings is 1. The fourth-order valence-corrected chi connectivity index (χ4v) is 2.74. The molecular formula is C14H15N3O3. The highest BCUT2D eigenvalue weighted by atomic mass is 16.6. The van der Waals surface area contributed by atoms with Crippen molar-refractivity contribution in [1.82, 2.24) is 5.32 Å². The molecule has 2 aliphatic rings. The summed E-state index contributed by atoms with van der Waals surface area (Å²) in [6.07, 6.45) is 7.15. The molecule has 0 fully saturated rings. The van der Waals surface area contributed by atoms with Gasteiger partial charge in [-0.2, -0.15) is 0 Å². The number of hydrogen-bond acceptors (Lipinski definition) is 4. The van der Waals surface area contributed by atoms with Crippen molar-refractivity contribution in [1.29, 1.82) is 0 Å². The number of fused-ring (bicyclic) bond motifs is 1. The number of nitro groups is 1. The van der Waals surface area contributed by atoms with Gasteiger partial charge in [0.05, 0.1) is 10.5 Å². The molecule has 3 rings (SSSR count). The van der Waals surface area contributed by atoms with Crippen molar-refractivity contribution >= 4 is 17.3 Å². The average Bonchev–Trinajstić information content (AvgIpc) is 2.47. The summed E-state index contributed by atoms with van der Waals surface area (Å²) < 4.78 is 0. The van der Waals surface area contributed by atoms with Gasteiger partial charge in [0.2, 0.25) is 0 Å². The van der Waals surface area contributed by atoms with Gasteiger partial charge >= 0.3 is 0 Å². The zero-order chi connectivity index (χ0) is 14.1. The first-order chi connectivity index (χ1) is 9.65. The Morgan fingerprint density at radius 2 is 2.10 bits per heavy atom. The molecule has 2 atom stereocenters. The van der Waals surface area contributed by atoms with Gasteiger partial charge in [-0.25, -0.2) is 0 Å². The van der Waals surface area contributed by atoms with Gasteiger partial charge in [0.25, 0.3) is 11.6 Å². The highest BCUT2D eigenvalue weighted by Gasteiger charge is 2.30. The lowest BCUT2D eigenvalue weighted by Gasteiger charge is -2.34. The number of amides is 1. The molecule has 1 aromatic carbocycles. The second-order valence-electron chi connectivity index (χ2n) is 5.13. The Bertz CT molecular complexity index is 597. The zero-order valence-electron chi connectivity index (χ0n) is 10.8. The summed E-state index contributed by atoms with van der Waals surface area (Å²) in [5.74, 6) is 0.106. The van der Waals surface area contributed by atoms with Crippen LogP contribution in [0.3, 0.4) is 0 Å². The molecule has 6 heteroatoms. The number of non-ortho nitro benzene ring substituents is 1. The molecule has 0 aromatic heterocycles. The topological polar surface area (TPSA) is 84.3 Å². The van der Waals surface area contributed by atoms with Crippen molar-refractivity contribution in [2.24, 2.45) is 5.92 Å². The van der Waals surface area contributed by atoms with Crippen molar-refractivity contribution in [3.63, 3.8) is 0 Å². The maximum absolute atomic E-state index is 12.1.